The van der Waals surface area contributed by atoms with Crippen molar-refractivity contribution in [1.29, 1.82) is 0 Å². The molecule has 3 aromatic rings. The maximum absolute atomic E-state index is 13.1. The van der Waals surface area contributed by atoms with E-state index < -0.39 is 10.0 Å². The van der Waals surface area contributed by atoms with Crippen molar-refractivity contribution in [2.75, 3.05) is 33.3 Å². The molecule has 2 aromatic carbocycles. The Hall–Kier alpha value is -2.75. The number of fused-ring (bicyclic) bond motifs is 1. The van der Waals surface area contributed by atoms with Crippen LogP contribution in [0.1, 0.15) is 38.1 Å². The lowest BCUT2D eigenvalue weighted by Gasteiger charge is -2.37. The highest BCUT2D eigenvalue weighted by atomic mass is 32.2. The minimum atomic E-state index is -3.55. The molecule has 2 fully saturated rings. The van der Waals surface area contributed by atoms with Crippen LogP contribution in [0.5, 0.6) is 11.6 Å². The van der Waals surface area contributed by atoms with E-state index in [1.807, 2.05) is 24.3 Å². The summed E-state index contributed by atoms with van der Waals surface area (Å²) in [5.74, 6) is 1.99. The Balaban J connectivity index is 1.31. The summed E-state index contributed by atoms with van der Waals surface area (Å²) in [4.78, 5) is 12.1. The van der Waals surface area contributed by atoms with Crippen molar-refractivity contribution in [2.45, 2.75) is 43.2 Å². The van der Waals surface area contributed by atoms with Gasteiger partial charge in [0, 0.05) is 26.2 Å². The van der Waals surface area contributed by atoms with E-state index in [0.717, 1.165) is 23.7 Å². The summed E-state index contributed by atoms with van der Waals surface area (Å²) in [6.45, 7) is 4.11. The van der Waals surface area contributed by atoms with Crippen molar-refractivity contribution in [1.82, 2.24) is 19.2 Å². The Labute approximate surface area is 200 Å². The number of methoxy groups -OCH3 is 1. The van der Waals surface area contributed by atoms with Crippen LogP contribution in [0.2, 0.25) is 0 Å². The molecule has 0 radical (unpaired) electrons. The molecule has 2 heterocycles. The maximum Gasteiger partial charge on any atom is 0.243 e. The van der Waals surface area contributed by atoms with Gasteiger partial charge in [-0.1, -0.05) is 12.1 Å². The van der Waals surface area contributed by atoms with Crippen LogP contribution in [0.4, 0.5) is 0 Å². The summed E-state index contributed by atoms with van der Waals surface area (Å²) >= 11 is 0. The van der Waals surface area contributed by atoms with Gasteiger partial charge in [0.25, 0.3) is 0 Å². The van der Waals surface area contributed by atoms with Gasteiger partial charge in [0.2, 0.25) is 15.9 Å². The number of para-hydroxylation sites is 1. The van der Waals surface area contributed by atoms with Gasteiger partial charge in [0.05, 0.1) is 29.0 Å². The van der Waals surface area contributed by atoms with Crippen LogP contribution in [-0.4, -0.2) is 67.0 Å². The third kappa shape index (κ3) is 4.47. The molecule has 34 heavy (non-hydrogen) atoms. The fraction of sp³-hybridized carbons (Fsp3) is 0.440. The molecule has 1 aromatic heterocycles. The smallest absolute Gasteiger partial charge is 0.243 e. The minimum absolute atomic E-state index is 0.0563. The van der Waals surface area contributed by atoms with Crippen LogP contribution in [0.15, 0.2) is 53.4 Å². The number of piperazine rings is 1. The molecule has 1 aliphatic carbocycles. The molecule has 1 saturated carbocycles. The zero-order valence-corrected chi connectivity index (χ0v) is 20.4. The molecule has 0 amide bonds. The molecule has 0 bridgehead atoms. The quantitative estimate of drug-likeness (QED) is 0.508. The first-order valence-corrected chi connectivity index (χ1v) is 13.2. The van der Waals surface area contributed by atoms with E-state index in [4.69, 9.17) is 19.4 Å². The van der Waals surface area contributed by atoms with Gasteiger partial charge in [0.1, 0.15) is 17.7 Å². The van der Waals surface area contributed by atoms with Crippen molar-refractivity contribution in [3.05, 3.63) is 54.4 Å². The first-order chi connectivity index (χ1) is 16.5. The van der Waals surface area contributed by atoms with E-state index in [0.29, 0.717) is 43.6 Å². The van der Waals surface area contributed by atoms with Crippen LogP contribution < -0.4 is 9.47 Å². The highest BCUT2D eigenvalue weighted by molar-refractivity contribution is 7.89. The molecular weight excluding hydrogens is 452 g/mol. The van der Waals surface area contributed by atoms with Crippen molar-refractivity contribution in [3.8, 4) is 11.6 Å². The van der Waals surface area contributed by atoms with Crippen LogP contribution in [0, 0.1) is 0 Å². The number of hydrogen-bond acceptors (Lipinski definition) is 7. The lowest BCUT2D eigenvalue weighted by molar-refractivity contribution is 0.113. The Kier molecular flexibility index (Phi) is 6.42. The Morgan fingerprint density at radius 1 is 0.971 bits per heavy atom. The van der Waals surface area contributed by atoms with E-state index in [-0.39, 0.29) is 17.0 Å². The molecule has 2 aliphatic rings. The average molecular weight is 483 g/mol. The van der Waals surface area contributed by atoms with Crippen LogP contribution >= 0.6 is 0 Å². The molecule has 0 N–H and O–H groups in total. The number of aromatic nitrogens is 2. The summed E-state index contributed by atoms with van der Waals surface area (Å²) in [6.07, 6.45) is 3.55. The number of sulfonamides is 1. The third-order valence-corrected chi connectivity index (χ3v) is 8.72. The van der Waals surface area contributed by atoms with Gasteiger partial charge in [-0.3, -0.25) is 4.90 Å². The fourth-order valence-electron chi connectivity index (χ4n) is 4.38. The van der Waals surface area contributed by atoms with Crippen LogP contribution in [-0.2, 0) is 10.0 Å². The molecule has 1 aliphatic heterocycles. The van der Waals surface area contributed by atoms with Gasteiger partial charge in [-0.25, -0.2) is 13.4 Å². The summed E-state index contributed by atoms with van der Waals surface area (Å²) in [6, 6.07) is 14.4. The molecule has 8 nitrogen and oxygen atoms in total. The summed E-state index contributed by atoms with van der Waals surface area (Å²) in [5, 5.41) is 0.931. The molecule has 5 rings (SSSR count). The second-order valence-electron chi connectivity index (χ2n) is 8.87. The van der Waals surface area contributed by atoms with Gasteiger partial charge >= 0.3 is 0 Å². The number of hydrogen-bond donors (Lipinski definition) is 0. The average Bonchev–Trinajstić information content (AvgIpc) is 2.85. The van der Waals surface area contributed by atoms with E-state index in [1.54, 1.807) is 35.7 Å². The fourth-order valence-corrected chi connectivity index (χ4v) is 5.80. The highest BCUT2D eigenvalue weighted by Gasteiger charge is 2.31. The number of benzene rings is 2. The third-order valence-electron chi connectivity index (χ3n) is 6.81. The lowest BCUT2D eigenvalue weighted by Crippen LogP contribution is -2.49. The Bertz CT molecular complexity index is 1250. The van der Waals surface area contributed by atoms with Crippen molar-refractivity contribution in [3.63, 3.8) is 0 Å². The second-order valence-corrected chi connectivity index (χ2v) is 10.8. The summed E-state index contributed by atoms with van der Waals surface area (Å²) in [5.41, 5.74) is 0.870. The highest BCUT2D eigenvalue weighted by Crippen LogP contribution is 2.31. The second kappa shape index (κ2) is 9.48. The predicted molar refractivity (Wildman–Crippen MR) is 130 cm³/mol. The van der Waals surface area contributed by atoms with Gasteiger partial charge in [-0.15, -0.1) is 0 Å². The van der Waals surface area contributed by atoms with E-state index in [2.05, 4.69) is 11.8 Å². The van der Waals surface area contributed by atoms with E-state index >= 15 is 0 Å². The monoisotopic (exact) mass is 482 g/mol. The SMILES string of the molecule is COc1ccc(S(=O)(=O)N2CCN(C(C)c3nc(OC4CCC4)c4ccccc4n3)CC2)cc1. The zero-order chi connectivity index (χ0) is 23.7. The predicted octanol–water partition coefficient (Wildman–Crippen LogP) is 3.64. The first kappa shape index (κ1) is 23.0. The molecule has 180 valence electrons. The molecule has 1 unspecified atom stereocenters. The van der Waals surface area contributed by atoms with E-state index in [9.17, 15) is 8.42 Å². The van der Waals surface area contributed by atoms with E-state index in [1.165, 1.54) is 6.42 Å². The molecule has 1 saturated heterocycles. The molecule has 9 heteroatoms. The Morgan fingerprint density at radius 2 is 1.68 bits per heavy atom. The topological polar surface area (TPSA) is 84.9 Å². The maximum atomic E-state index is 13.1. The zero-order valence-electron chi connectivity index (χ0n) is 19.6. The van der Waals surface area contributed by atoms with Crippen molar-refractivity contribution in [2.24, 2.45) is 0 Å². The van der Waals surface area contributed by atoms with Crippen LogP contribution in [0.3, 0.4) is 0 Å². The van der Waals surface area contributed by atoms with Crippen LogP contribution in [0.25, 0.3) is 10.9 Å². The largest absolute Gasteiger partial charge is 0.497 e. The summed E-state index contributed by atoms with van der Waals surface area (Å²) in [7, 11) is -1.99. The summed E-state index contributed by atoms with van der Waals surface area (Å²) < 4.78 is 39.1. The van der Waals surface area contributed by atoms with Gasteiger partial charge in [-0.05, 0) is 62.6 Å². The Morgan fingerprint density at radius 3 is 2.32 bits per heavy atom. The van der Waals surface area contributed by atoms with Gasteiger partial charge in [0.15, 0.2) is 0 Å². The molecule has 0 spiro atoms. The van der Waals surface area contributed by atoms with Crippen molar-refractivity contribution < 1.29 is 17.9 Å². The van der Waals surface area contributed by atoms with Crippen molar-refractivity contribution >= 4 is 20.9 Å². The first-order valence-electron chi connectivity index (χ1n) is 11.8. The minimum Gasteiger partial charge on any atom is -0.497 e. The number of ether oxygens (including phenoxy) is 2. The normalized spacial score (nSPS) is 19.0. The van der Waals surface area contributed by atoms with Gasteiger partial charge in [-0.2, -0.15) is 9.29 Å². The number of rotatable bonds is 7. The molecular formula is C25H30N4O4S. The lowest BCUT2D eigenvalue weighted by atomic mass is 9.96. The molecule has 1 atom stereocenters. The van der Waals surface area contributed by atoms with Gasteiger partial charge < -0.3 is 9.47 Å². The number of nitrogens with zero attached hydrogens (tertiary/aromatic N) is 4. The standard InChI is InChI=1S/C25H30N4O4S/c1-18(24-26-23-9-4-3-8-22(23)25(27-24)33-20-6-5-7-20)28-14-16-29(17-15-28)34(30,31)21-12-10-19(32-2)11-13-21/h3-4,8-13,18,20H,5-7,14-17H2,1-2H3.